The van der Waals surface area contributed by atoms with Gasteiger partial charge in [-0.1, -0.05) is 12.1 Å². The summed E-state index contributed by atoms with van der Waals surface area (Å²) < 4.78 is 28.4. The van der Waals surface area contributed by atoms with Crippen molar-refractivity contribution in [3.05, 3.63) is 29.8 Å². The highest BCUT2D eigenvalue weighted by atomic mass is 32.2. The first-order valence-corrected chi connectivity index (χ1v) is 7.51. The molecule has 2 rings (SSSR count). The van der Waals surface area contributed by atoms with Crippen molar-refractivity contribution < 1.29 is 13.2 Å². The Bertz CT molecular complexity index is 666. The summed E-state index contributed by atoms with van der Waals surface area (Å²) in [5.41, 5.74) is -0.804. The molecular formula is C13H12N2O3S. The van der Waals surface area contributed by atoms with Crippen molar-refractivity contribution in [1.29, 1.82) is 10.5 Å². The lowest BCUT2D eigenvalue weighted by molar-refractivity contribution is 0.414. The number of benzene rings is 1. The predicted octanol–water partition coefficient (Wildman–Crippen LogP) is 1.24. The molecule has 2 atom stereocenters. The summed E-state index contributed by atoms with van der Waals surface area (Å²) in [7, 11) is -1.92. The highest BCUT2D eigenvalue weighted by molar-refractivity contribution is 7.91. The molecule has 0 spiro atoms. The molecule has 1 fully saturated rings. The second kappa shape index (κ2) is 4.25. The topological polar surface area (TPSA) is 90.9 Å². The van der Waals surface area contributed by atoms with Crippen molar-refractivity contribution in [3.63, 3.8) is 0 Å². The summed E-state index contributed by atoms with van der Waals surface area (Å²) in [5.74, 6) is 0.0447. The molecular weight excluding hydrogens is 264 g/mol. The zero-order chi connectivity index (χ0) is 14.3. The normalized spacial score (nSPS) is 24.0. The minimum absolute atomic E-state index is 0.594. The standard InChI is InChI=1S/C13H12N2O3S/c1-18-10-5-3-9(4-6-10)11-12(19(2,16)17)13(11,7-14)8-15/h3-6,11-12H,1-2H3/t11-,12-/m0/s1. The zero-order valence-electron chi connectivity index (χ0n) is 10.5. The van der Waals surface area contributed by atoms with Gasteiger partial charge in [-0.15, -0.1) is 0 Å². The van der Waals surface area contributed by atoms with Crippen LogP contribution >= 0.6 is 0 Å². The van der Waals surface area contributed by atoms with E-state index in [1.165, 1.54) is 7.11 Å². The molecule has 1 aliphatic carbocycles. The molecule has 0 saturated heterocycles. The van der Waals surface area contributed by atoms with Gasteiger partial charge in [0, 0.05) is 12.2 Å². The molecule has 0 N–H and O–H groups in total. The maximum Gasteiger partial charge on any atom is 0.169 e. The lowest BCUT2D eigenvalue weighted by atomic mass is 10.0. The lowest BCUT2D eigenvalue weighted by Crippen LogP contribution is -2.11. The third-order valence-electron chi connectivity index (χ3n) is 3.44. The van der Waals surface area contributed by atoms with Crippen molar-refractivity contribution in [3.8, 4) is 17.9 Å². The van der Waals surface area contributed by atoms with Gasteiger partial charge in [0.05, 0.1) is 19.2 Å². The first-order chi connectivity index (χ1) is 8.90. The predicted molar refractivity (Wildman–Crippen MR) is 68.0 cm³/mol. The van der Waals surface area contributed by atoms with Crippen molar-refractivity contribution >= 4 is 9.84 Å². The summed E-state index contributed by atoms with van der Waals surface area (Å²) in [4.78, 5) is 0. The van der Waals surface area contributed by atoms with Gasteiger partial charge < -0.3 is 4.74 Å². The van der Waals surface area contributed by atoms with Crippen LogP contribution in [0.2, 0.25) is 0 Å². The van der Waals surface area contributed by atoms with Gasteiger partial charge in [-0.3, -0.25) is 0 Å². The number of ether oxygens (including phenoxy) is 1. The highest BCUT2D eigenvalue weighted by Crippen LogP contribution is 2.62. The largest absolute Gasteiger partial charge is 0.497 e. The molecule has 0 aliphatic heterocycles. The van der Waals surface area contributed by atoms with E-state index in [1.54, 1.807) is 24.3 Å². The van der Waals surface area contributed by atoms with Crippen LogP contribution in [0.3, 0.4) is 0 Å². The van der Waals surface area contributed by atoms with E-state index in [0.717, 1.165) is 6.26 Å². The van der Waals surface area contributed by atoms with Gasteiger partial charge in [0.2, 0.25) is 0 Å². The summed E-state index contributed by atoms with van der Waals surface area (Å²) in [6.45, 7) is 0. The molecule has 0 unspecified atom stereocenters. The molecule has 98 valence electrons. The molecule has 1 aromatic rings. The van der Waals surface area contributed by atoms with Crippen LogP contribution in [-0.2, 0) is 9.84 Å². The molecule has 19 heavy (non-hydrogen) atoms. The molecule has 0 bridgehead atoms. The van der Waals surface area contributed by atoms with E-state index in [-0.39, 0.29) is 0 Å². The first kappa shape index (κ1) is 13.4. The maximum absolute atomic E-state index is 11.7. The Kier molecular flexibility index (Phi) is 3.00. The minimum Gasteiger partial charge on any atom is -0.497 e. The quantitative estimate of drug-likeness (QED) is 0.828. The molecule has 5 nitrogen and oxygen atoms in total. The van der Waals surface area contributed by atoms with Crippen LogP contribution in [-0.4, -0.2) is 27.0 Å². The Morgan fingerprint density at radius 1 is 1.21 bits per heavy atom. The molecule has 0 aromatic heterocycles. The van der Waals surface area contributed by atoms with E-state index in [2.05, 4.69) is 0 Å². The van der Waals surface area contributed by atoms with Crippen LogP contribution in [0.1, 0.15) is 11.5 Å². The minimum atomic E-state index is -3.45. The van der Waals surface area contributed by atoms with Crippen molar-refractivity contribution in [2.75, 3.05) is 13.4 Å². The summed E-state index contributed by atoms with van der Waals surface area (Å²) in [6.07, 6.45) is 1.06. The number of hydrogen-bond donors (Lipinski definition) is 0. The van der Waals surface area contributed by atoms with Gasteiger partial charge in [-0.05, 0) is 17.7 Å². The van der Waals surface area contributed by atoms with E-state index in [0.29, 0.717) is 11.3 Å². The molecule has 6 heteroatoms. The van der Waals surface area contributed by atoms with Crippen LogP contribution in [0.5, 0.6) is 5.75 Å². The maximum atomic E-state index is 11.7. The molecule has 0 amide bonds. The second-order valence-electron chi connectivity index (χ2n) is 4.59. The zero-order valence-corrected chi connectivity index (χ0v) is 11.3. The van der Waals surface area contributed by atoms with Gasteiger partial charge in [-0.25, -0.2) is 8.42 Å². The Labute approximate surface area is 112 Å². The van der Waals surface area contributed by atoms with E-state index >= 15 is 0 Å². The van der Waals surface area contributed by atoms with Crippen LogP contribution < -0.4 is 4.74 Å². The Hall–Kier alpha value is -2.05. The highest BCUT2D eigenvalue weighted by Gasteiger charge is 2.72. The molecule has 1 saturated carbocycles. The smallest absolute Gasteiger partial charge is 0.169 e. The van der Waals surface area contributed by atoms with Crippen LogP contribution in [0.25, 0.3) is 0 Å². The van der Waals surface area contributed by atoms with E-state index in [9.17, 15) is 8.42 Å². The monoisotopic (exact) mass is 276 g/mol. The van der Waals surface area contributed by atoms with E-state index in [4.69, 9.17) is 15.3 Å². The van der Waals surface area contributed by atoms with Gasteiger partial charge in [0.1, 0.15) is 11.0 Å². The fraction of sp³-hybridized carbons (Fsp3) is 0.385. The van der Waals surface area contributed by atoms with Gasteiger partial charge in [0.25, 0.3) is 0 Å². The van der Waals surface area contributed by atoms with Crippen molar-refractivity contribution in [1.82, 2.24) is 0 Å². The average molecular weight is 276 g/mol. The van der Waals surface area contributed by atoms with E-state index < -0.39 is 26.4 Å². The second-order valence-corrected chi connectivity index (χ2v) is 6.76. The Morgan fingerprint density at radius 2 is 1.74 bits per heavy atom. The molecule has 0 radical (unpaired) electrons. The number of methoxy groups -OCH3 is 1. The average Bonchev–Trinajstić information content (AvgIpc) is 3.09. The van der Waals surface area contributed by atoms with E-state index in [1.807, 2.05) is 12.1 Å². The third kappa shape index (κ3) is 1.94. The third-order valence-corrected chi connectivity index (χ3v) is 5.01. The van der Waals surface area contributed by atoms with Gasteiger partial charge in [-0.2, -0.15) is 10.5 Å². The summed E-state index contributed by atoms with van der Waals surface area (Å²) >= 11 is 0. The molecule has 1 aromatic carbocycles. The van der Waals surface area contributed by atoms with Crippen molar-refractivity contribution in [2.24, 2.45) is 5.41 Å². The van der Waals surface area contributed by atoms with Crippen LogP contribution in [0.15, 0.2) is 24.3 Å². The number of nitriles is 2. The number of hydrogen-bond acceptors (Lipinski definition) is 5. The fourth-order valence-electron chi connectivity index (χ4n) is 2.48. The Balaban J connectivity index is 2.45. The van der Waals surface area contributed by atoms with Gasteiger partial charge >= 0.3 is 0 Å². The first-order valence-electron chi connectivity index (χ1n) is 5.56. The summed E-state index contributed by atoms with van der Waals surface area (Å²) in [6, 6.07) is 10.5. The fourth-order valence-corrected chi connectivity index (χ4v) is 4.20. The van der Waals surface area contributed by atoms with Crippen LogP contribution in [0.4, 0.5) is 0 Å². The molecule has 0 heterocycles. The number of sulfone groups is 1. The Morgan fingerprint density at radius 3 is 2.05 bits per heavy atom. The van der Waals surface area contributed by atoms with Crippen molar-refractivity contribution in [2.45, 2.75) is 11.2 Å². The van der Waals surface area contributed by atoms with Gasteiger partial charge in [0.15, 0.2) is 15.3 Å². The SMILES string of the molecule is COc1ccc([C@H]2[C@H](S(C)(=O)=O)C2(C#N)C#N)cc1. The summed E-state index contributed by atoms with van der Waals surface area (Å²) in [5, 5.41) is 17.4. The van der Waals surface area contributed by atoms with Crippen LogP contribution in [0, 0.1) is 28.1 Å². The number of rotatable bonds is 3. The number of nitrogens with zero attached hydrogens (tertiary/aromatic N) is 2. The lowest BCUT2D eigenvalue weighted by Gasteiger charge is -2.02. The molecule has 1 aliphatic rings.